The minimum Gasteiger partial charge on any atom is -0.492 e. The maximum Gasteiger partial charge on any atom is 0.294 e. The maximum atomic E-state index is 12.7. The summed E-state index contributed by atoms with van der Waals surface area (Å²) in [5, 5.41) is 9.31. The van der Waals surface area contributed by atoms with Gasteiger partial charge in [-0.3, -0.25) is 19.4 Å². The average molecular weight is 434 g/mol. The van der Waals surface area contributed by atoms with E-state index in [0.29, 0.717) is 54.8 Å². The van der Waals surface area contributed by atoms with Crippen molar-refractivity contribution in [3.05, 3.63) is 39.4 Å². The Morgan fingerprint density at radius 3 is 2.42 bits per heavy atom. The largest absolute Gasteiger partial charge is 0.492 e. The third-order valence-electron chi connectivity index (χ3n) is 6.16. The average Bonchev–Trinajstić information content (AvgIpc) is 2.96. The number of likely N-dealkylation sites (tertiary alicyclic amines) is 1. The van der Waals surface area contributed by atoms with E-state index in [2.05, 4.69) is 23.6 Å². The molecule has 170 valence electrons. The van der Waals surface area contributed by atoms with Crippen molar-refractivity contribution < 1.29 is 24.3 Å². The molecule has 31 heavy (non-hydrogen) atoms. The molecule has 2 unspecified atom stereocenters. The third kappa shape index (κ3) is 5.72. The molecule has 1 aromatic rings. The summed E-state index contributed by atoms with van der Waals surface area (Å²) >= 11 is 0. The topological polar surface area (TPSA) is 102 Å². The Kier molecular flexibility index (Phi) is 7.84. The summed E-state index contributed by atoms with van der Waals surface area (Å²) in [7, 11) is 0. The lowest BCUT2D eigenvalue weighted by Crippen LogP contribution is -2.45. The Balaban J connectivity index is 1.49. The summed E-state index contributed by atoms with van der Waals surface area (Å²) in [4.78, 5) is 43.4. The van der Waals surface area contributed by atoms with Gasteiger partial charge < -0.3 is 9.57 Å². The lowest BCUT2D eigenvalue weighted by Gasteiger charge is -2.38. The minimum absolute atomic E-state index is 0.0187. The normalized spacial score (nSPS) is 21.3. The van der Waals surface area contributed by atoms with E-state index in [9.17, 15) is 19.7 Å². The number of hydrogen-bond acceptors (Lipinski definition) is 7. The number of hydrogen-bond donors (Lipinski definition) is 0. The van der Waals surface area contributed by atoms with Gasteiger partial charge in [0, 0.05) is 25.2 Å². The standard InChI is InChI=1S/C22H31N3O6/c1-16-7-6-8-17(2)23(16)12-14-30-18-9-10-19-20(15-18)22(27)24(21(19)26)11-4-3-5-13-31-25(28)29/h9-10,15-17H,3-8,11-14H2,1-2H3. The number of amides is 2. The molecule has 2 aliphatic rings. The summed E-state index contributed by atoms with van der Waals surface area (Å²) < 4.78 is 5.90. The first-order valence-corrected chi connectivity index (χ1v) is 11.0. The van der Waals surface area contributed by atoms with Crippen molar-refractivity contribution in [2.75, 3.05) is 26.3 Å². The Morgan fingerprint density at radius 1 is 1.00 bits per heavy atom. The van der Waals surface area contributed by atoms with Crippen LogP contribution in [0.4, 0.5) is 0 Å². The summed E-state index contributed by atoms with van der Waals surface area (Å²) in [6.45, 7) is 6.17. The van der Waals surface area contributed by atoms with Crippen LogP contribution in [0.15, 0.2) is 18.2 Å². The highest BCUT2D eigenvalue weighted by Gasteiger charge is 2.35. The number of unbranched alkanes of at least 4 members (excludes halogenated alkanes) is 2. The number of benzene rings is 1. The first-order valence-electron chi connectivity index (χ1n) is 11.0. The predicted octanol–water partition coefficient (Wildman–Crippen LogP) is 3.30. The predicted molar refractivity (Wildman–Crippen MR) is 114 cm³/mol. The molecule has 0 aromatic heterocycles. The van der Waals surface area contributed by atoms with Crippen molar-refractivity contribution in [1.29, 1.82) is 0 Å². The second kappa shape index (κ2) is 10.6. The second-order valence-corrected chi connectivity index (χ2v) is 8.30. The molecule has 1 aromatic carbocycles. The molecule has 2 aliphatic heterocycles. The number of piperidine rings is 1. The van der Waals surface area contributed by atoms with Crippen molar-refractivity contribution in [3.8, 4) is 5.75 Å². The fourth-order valence-electron chi connectivity index (χ4n) is 4.43. The van der Waals surface area contributed by atoms with Crippen molar-refractivity contribution >= 4 is 11.8 Å². The van der Waals surface area contributed by atoms with Gasteiger partial charge in [-0.15, -0.1) is 10.1 Å². The van der Waals surface area contributed by atoms with Crippen molar-refractivity contribution in [2.24, 2.45) is 0 Å². The van der Waals surface area contributed by atoms with Gasteiger partial charge in [0.1, 0.15) is 12.4 Å². The summed E-state index contributed by atoms with van der Waals surface area (Å²) in [6, 6.07) is 6.15. The molecule has 0 saturated carbocycles. The van der Waals surface area contributed by atoms with Crippen LogP contribution in [-0.2, 0) is 4.84 Å². The first kappa shape index (κ1) is 23.0. The van der Waals surface area contributed by atoms with Crippen LogP contribution in [0.2, 0.25) is 0 Å². The van der Waals surface area contributed by atoms with E-state index in [4.69, 9.17) is 4.74 Å². The summed E-state index contributed by atoms with van der Waals surface area (Å²) in [5.74, 6) is -0.0229. The molecular formula is C22H31N3O6. The van der Waals surface area contributed by atoms with E-state index < -0.39 is 5.09 Å². The molecule has 0 radical (unpaired) electrons. The molecule has 0 spiro atoms. The number of carbonyl (C=O) groups excluding carboxylic acids is 2. The molecule has 3 rings (SSSR count). The van der Waals surface area contributed by atoms with Crippen molar-refractivity contribution in [1.82, 2.24) is 9.80 Å². The summed E-state index contributed by atoms with van der Waals surface area (Å²) in [6.07, 6.45) is 5.38. The quantitative estimate of drug-likeness (QED) is 0.228. The highest BCUT2D eigenvalue weighted by molar-refractivity contribution is 6.21. The van der Waals surface area contributed by atoms with Gasteiger partial charge in [-0.2, -0.15) is 0 Å². The van der Waals surface area contributed by atoms with Gasteiger partial charge in [0.25, 0.3) is 16.9 Å². The van der Waals surface area contributed by atoms with Gasteiger partial charge in [0.15, 0.2) is 0 Å². The monoisotopic (exact) mass is 433 g/mol. The zero-order chi connectivity index (χ0) is 22.4. The zero-order valence-corrected chi connectivity index (χ0v) is 18.2. The Morgan fingerprint density at radius 2 is 1.71 bits per heavy atom. The summed E-state index contributed by atoms with van der Waals surface area (Å²) in [5.41, 5.74) is 0.770. The van der Waals surface area contributed by atoms with E-state index in [1.54, 1.807) is 18.2 Å². The zero-order valence-electron chi connectivity index (χ0n) is 18.2. The smallest absolute Gasteiger partial charge is 0.294 e. The van der Waals surface area contributed by atoms with E-state index in [0.717, 1.165) is 6.54 Å². The molecule has 0 bridgehead atoms. The molecule has 1 fully saturated rings. The Labute approximate surface area is 182 Å². The van der Waals surface area contributed by atoms with E-state index in [-0.39, 0.29) is 25.0 Å². The molecule has 2 amide bonds. The van der Waals surface area contributed by atoms with Gasteiger partial charge in [-0.1, -0.05) is 6.42 Å². The fraction of sp³-hybridized carbons (Fsp3) is 0.636. The third-order valence-corrected chi connectivity index (χ3v) is 6.16. The number of imide groups is 1. The molecule has 9 nitrogen and oxygen atoms in total. The molecule has 9 heteroatoms. The number of ether oxygens (including phenoxy) is 1. The highest BCUT2D eigenvalue weighted by Crippen LogP contribution is 2.28. The van der Waals surface area contributed by atoms with E-state index >= 15 is 0 Å². The first-order chi connectivity index (χ1) is 14.9. The molecular weight excluding hydrogens is 402 g/mol. The number of rotatable bonds is 11. The number of fused-ring (bicyclic) bond motifs is 1. The molecule has 0 aliphatic carbocycles. The highest BCUT2D eigenvalue weighted by atomic mass is 16.9. The van der Waals surface area contributed by atoms with E-state index in [1.165, 1.54) is 24.2 Å². The van der Waals surface area contributed by atoms with Crippen LogP contribution in [0, 0.1) is 10.1 Å². The van der Waals surface area contributed by atoms with Gasteiger partial charge in [0.2, 0.25) is 0 Å². The maximum absolute atomic E-state index is 12.7. The lowest BCUT2D eigenvalue weighted by atomic mass is 9.98. The van der Waals surface area contributed by atoms with Gasteiger partial charge in [0.05, 0.1) is 17.7 Å². The molecule has 1 saturated heterocycles. The van der Waals surface area contributed by atoms with Crippen molar-refractivity contribution in [3.63, 3.8) is 0 Å². The van der Waals surface area contributed by atoms with Gasteiger partial charge in [-0.25, -0.2) is 0 Å². The molecule has 2 heterocycles. The Hall–Kier alpha value is -2.68. The lowest BCUT2D eigenvalue weighted by molar-refractivity contribution is -0.757. The molecule has 0 N–H and O–H groups in total. The van der Waals surface area contributed by atoms with Crippen LogP contribution < -0.4 is 4.74 Å². The number of carbonyl (C=O) groups is 2. The fourth-order valence-corrected chi connectivity index (χ4v) is 4.43. The number of nitrogens with zero attached hydrogens (tertiary/aromatic N) is 3. The minimum atomic E-state index is -0.822. The second-order valence-electron chi connectivity index (χ2n) is 8.30. The van der Waals surface area contributed by atoms with Crippen LogP contribution >= 0.6 is 0 Å². The van der Waals surface area contributed by atoms with Crippen LogP contribution in [0.25, 0.3) is 0 Å². The van der Waals surface area contributed by atoms with E-state index in [1.807, 2.05) is 0 Å². The van der Waals surface area contributed by atoms with Crippen LogP contribution in [-0.4, -0.2) is 65.1 Å². The van der Waals surface area contributed by atoms with Crippen molar-refractivity contribution in [2.45, 2.75) is 64.5 Å². The van der Waals surface area contributed by atoms with Crippen LogP contribution in [0.5, 0.6) is 5.75 Å². The molecule has 2 atom stereocenters. The van der Waals surface area contributed by atoms with Crippen LogP contribution in [0.1, 0.15) is 73.1 Å². The van der Waals surface area contributed by atoms with Gasteiger partial charge >= 0.3 is 0 Å². The Bertz CT molecular complexity index is 804. The SMILES string of the molecule is CC1CCCC(C)N1CCOc1ccc2c(c1)C(=O)N(CCCCCO[N+](=O)[O-])C2=O. The van der Waals surface area contributed by atoms with Gasteiger partial charge in [-0.05, 0) is 64.2 Å². The van der Waals surface area contributed by atoms with Crippen LogP contribution in [0.3, 0.4) is 0 Å².